The van der Waals surface area contributed by atoms with E-state index in [4.69, 9.17) is 42.1 Å². The van der Waals surface area contributed by atoms with E-state index in [1.165, 1.54) is 38.0 Å². The smallest absolute Gasteiger partial charge is 0.348 e. The number of carbonyl (C=O) groups is 2. The maximum Gasteiger partial charge on any atom is 0.348 e. The monoisotopic (exact) mass is 739 g/mol. The Kier molecular flexibility index (Phi) is 11.5. The number of benzene rings is 2. The largest absolute Gasteiger partial charge is 0.619 e. The number of nitrogens with zero attached hydrogens (tertiary/aromatic N) is 2. The van der Waals surface area contributed by atoms with E-state index in [1.54, 1.807) is 24.3 Å². The summed E-state index contributed by atoms with van der Waals surface area (Å²) in [5.41, 5.74) is 2.91. The maximum absolute atomic E-state index is 13.7. The topological polar surface area (TPSA) is 113 Å². The highest BCUT2D eigenvalue weighted by molar-refractivity contribution is 7.13. The van der Waals surface area contributed by atoms with Crippen molar-refractivity contribution in [2.24, 2.45) is 5.92 Å². The first-order chi connectivity index (χ1) is 24.1. The minimum absolute atomic E-state index is 0.0966. The highest BCUT2D eigenvalue weighted by atomic mass is 35.5. The molecular weight excluding hydrogens is 701 g/mol. The first-order valence-electron chi connectivity index (χ1n) is 16.4. The second-order valence-electron chi connectivity index (χ2n) is 12.6. The molecular formula is C37H39Cl2N3O7S. The minimum atomic E-state index is -0.838. The molecule has 0 saturated carbocycles. The molecule has 1 unspecified atom stereocenters. The van der Waals surface area contributed by atoms with Gasteiger partial charge in [-0.1, -0.05) is 53.5 Å². The van der Waals surface area contributed by atoms with E-state index in [9.17, 15) is 14.8 Å². The zero-order chi connectivity index (χ0) is 35.4. The molecule has 10 nitrogen and oxygen atoms in total. The second-order valence-corrected chi connectivity index (χ2v) is 14.5. The molecule has 3 saturated heterocycles. The molecule has 0 spiro atoms. The van der Waals surface area contributed by atoms with E-state index >= 15 is 0 Å². The maximum atomic E-state index is 13.7. The molecule has 264 valence electrons. The van der Waals surface area contributed by atoms with E-state index in [1.807, 2.05) is 37.3 Å². The first-order valence-corrected chi connectivity index (χ1v) is 18.0. The van der Waals surface area contributed by atoms with Crippen molar-refractivity contribution < 1.29 is 33.3 Å². The number of carbonyl (C=O) groups excluding carboxylic acids is 2. The average Bonchev–Trinajstić information content (AvgIpc) is 3.59. The number of fused-ring (bicyclic) bond motifs is 3. The van der Waals surface area contributed by atoms with Crippen molar-refractivity contribution >= 4 is 46.5 Å². The Balaban J connectivity index is 1.19. The minimum Gasteiger partial charge on any atom is -0.619 e. The van der Waals surface area contributed by atoms with Gasteiger partial charge < -0.3 is 24.2 Å². The third-order valence-corrected chi connectivity index (χ3v) is 11.1. The number of methoxy groups -OCH3 is 2. The number of hydrogen-bond donors (Lipinski definition) is 1. The van der Waals surface area contributed by atoms with Gasteiger partial charge in [-0.15, -0.1) is 11.3 Å². The number of rotatable bonds is 13. The fraction of sp³-hybridized carbons (Fsp3) is 0.378. The first kappa shape index (κ1) is 35.9. The molecule has 4 aromatic rings. The number of hydrogen-bond acceptors (Lipinski definition) is 10. The number of ether oxygens (including phenoxy) is 4. The standard InChI is InChI=1S/C37H39Cl2N3O7S/c1-22-6-4-5-7-26(22)35(37(44)49-33-21-41-14-12-23(33)13-15-41)40-18-25-9-11-34(50-25)36(43)48-31(17-27-28(38)19-42(45)20-29(27)39)24-8-10-30(46-2)32(16-24)47-3/h4-11,16,19-20,23,31,33,35,40H,12-15,17-18,21H2,1-3H3/t31-,33-,35?/m0/s1. The number of halogens is 2. The molecule has 3 fully saturated rings. The van der Waals surface area contributed by atoms with E-state index in [0.717, 1.165) is 48.5 Å². The van der Waals surface area contributed by atoms with Crippen LogP contribution in [0.4, 0.5) is 0 Å². The highest BCUT2D eigenvalue weighted by Gasteiger charge is 2.38. The summed E-state index contributed by atoms with van der Waals surface area (Å²) in [6.07, 6.45) is 3.65. The van der Waals surface area contributed by atoms with Crippen molar-refractivity contribution in [3.05, 3.63) is 114 Å². The van der Waals surface area contributed by atoms with Crippen LogP contribution < -0.4 is 19.5 Å². The highest BCUT2D eigenvalue weighted by Crippen LogP contribution is 2.36. The SMILES string of the molecule is COc1ccc([C@H](Cc2c(Cl)c[n+]([O-])cc2Cl)OC(=O)c2ccc(CNC(C(=O)O[C@H]3CN4CCC3CC4)c3ccccc3C)s2)cc1OC. The lowest BCUT2D eigenvalue weighted by Crippen LogP contribution is -2.52. The van der Waals surface area contributed by atoms with Gasteiger partial charge in [-0.2, -0.15) is 4.73 Å². The van der Waals surface area contributed by atoms with Gasteiger partial charge in [0.2, 0.25) is 0 Å². The lowest BCUT2D eigenvalue weighted by Gasteiger charge is -2.44. The molecule has 0 radical (unpaired) electrons. The summed E-state index contributed by atoms with van der Waals surface area (Å²) in [5.74, 6) is 0.505. The van der Waals surface area contributed by atoms with Gasteiger partial charge in [0.05, 0.1) is 14.2 Å². The molecule has 50 heavy (non-hydrogen) atoms. The zero-order valence-electron chi connectivity index (χ0n) is 28.0. The number of nitrogens with one attached hydrogen (secondary N) is 1. The summed E-state index contributed by atoms with van der Waals surface area (Å²) in [5, 5.41) is 15.6. The molecule has 5 heterocycles. The Morgan fingerprint density at radius 3 is 2.40 bits per heavy atom. The van der Waals surface area contributed by atoms with Crippen LogP contribution in [-0.4, -0.2) is 56.8 Å². The molecule has 2 aromatic carbocycles. The molecule has 13 heteroatoms. The summed E-state index contributed by atoms with van der Waals surface area (Å²) >= 11 is 14.1. The number of thiophene rings is 1. The van der Waals surface area contributed by atoms with Crippen molar-refractivity contribution in [2.45, 2.75) is 51.0 Å². The van der Waals surface area contributed by atoms with E-state index < -0.39 is 18.1 Å². The van der Waals surface area contributed by atoms with Gasteiger partial charge >= 0.3 is 11.9 Å². The van der Waals surface area contributed by atoms with Gasteiger partial charge in [0, 0.05) is 30.0 Å². The van der Waals surface area contributed by atoms with Crippen molar-refractivity contribution in [3.8, 4) is 11.5 Å². The summed E-state index contributed by atoms with van der Waals surface area (Å²) < 4.78 is 23.6. The summed E-state index contributed by atoms with van der Waals surface area (Å²) in [6, 6.07) is 15.9. The van der Waals surface area contributed by atoms with Gasteiger partial charge in [0.15, 0.2) is 23.9 Å². The molecule has 0 amide bonds. The molecule has 1 N–H and O–H groups in total. The lowest BCUT2D eigenvalue weighted by atomic mass is 9.86. The predicted molar refractivity (Wildman–Crippen MR) is 191 cm³/mol. The molecule has 3 aliphatic rings. The van der Waals surface area contributed by atoms with Crippen molar-refractivity contribution in [1.82, 2.24) is 10.2 Å². The fourth-order valence-electron chi connectivity index (χ4n) is 6.66. The lowest BCUT2D eigenvalue weighted by molar-refractivity contribution is -0.605. The van der Waals surface area contributed by atoms with Crippen LogP contribution in [0.5, 0.6) is 11.5 Å². The van der Waals surface area contributed by atoms with Gasteiger partial charge in [-0.3, -0.25) is 10.2 Å². The summed E-state index contributed by atoms with van der Waals surface area (Å²) in [6.45, 7) is 5.21. The Morgan fingerprint density at radius 2 is 1.74 bits per heavy atom. The van der Waals surface area contributed by atoms with Crippen LogP contribution in [0.3, 0.4) is 0 Å². The Morgan fingerprint density at radius 1 is 1.02 bits per heavy atom. The Labute approximate surface area is 305 Å². The fourth-order valence-corrected chi connectivity index (χ4v) is 8.10. The van der Waals surface area contributed by atoms with Crippen LogP contribution in [0.1, 0.15) is 61.8 Å². The van der Waals surface area contributed by atoms with Crippen LogP contribution in [0.15, 0.2) is 67.0 Å². The summed E-state index contributed by atoms with van der Waals surface area (Å²) in [7, 11) is 3.05. The van der Waals surface area contributed by atoms with Gasteiger partial charge in [-0.05, 0) is 79.7 Å². The Hall–Kier alpha value is -3.87. The third-order valence-electron chi connectivity index (χ3n) is 9.42. The van der Waals surface area contributed by atoms with Crippen molar-refractivity contribution in [2.75, 3.05) is 33.9 Å². The molecule has 2 aromatic heterocycles. The van der Waals surface area contributed by atoms with Crippen LogP contribution >= 0.6 is 34.5 Å². The number of esters is 2. The van der Waals surface area contributed by atoms with E-state index in [2.05, 4.69) is 10.2 Å². The average molecular weight is 741 g/mol. The molecule has 2 bridgehead atoms. The predicted octanol–water partition coefficient (Wildman–Crippen LogP) is 6.62. The number of aromatic nitrogens is 1. The van der Waals surface area contributed by atoms with Crippen LogP contribution in [0, 0.1) is 18.0 Å². The van der Waals surface area contributed by atoms with Gasteiger partial charge in [0.1, 0.15) is 33.2 Å². The van der Waals surface area contributed by atoms with E-state index in [-0.39, 0.29) is 28.5 Å². The van der Waals surface area contributed by atoms with E-state index in [0.29, 0.717) is 44.7 Å². The number of piperidine rings is 3. The van der Waals surface area contributed by atoms with Crippen LogP contribution in [0.2, 0.25) is 10.0 Å². The molecule has 3 aliphatic heterocycles. The molecule has 7 rings (SSSR count). The summed E-state index contributed by atoms with van der Waals surface area (Å²) in [4.78, 5) is 30.9. The van der Waals surface area contributed by atoms with Crippen molar-refractivity contribution in [1.29, 1.82) is 0 Å². The van der Waals surface area contributed by atoms with Crippen molar-refractivity contribution in [3.63, 3.8) is 0 Å². The van der Waals surface area contributed by atoms with Crippen LogP contribution in [-0.2, 0) is 27.2 Å². The zero-order valence-corrected chi connectivity index (χ0v) is 30.4. The Bertz CT molecular complexity index is 1820. The quantitative estimate of drug-likeness (QED) is 0.0918. The third kappa shape index (κ3) is 8.19. The van der Waals surface area contributed by atoms with Crippen LogP contribution in [0.25, 0.3) is 0 Å². The van der Waals surface area contributed by atoms with Gasteiger partial charge in [-0.25, -0.2) is 9.59 Å². The molecule has 0 aliphatic carbocycles. The normalized spacial score (nSPS) is 19.4. The number of aryl methyl sites for hydroxylation is 1. The second kappa shape index (κ2) is 16.0. The number of pyridine rings is 1. The molecule has 3 atom stereocenters. The van der Waals surface area contributed by atoms with Gasteiger partial charge in [0.25, 0.3) is 0 Å².